The average molecular weight is 70.1 g/mol. The highest BCUT2D eigenvalue weighted by Crippen LogP contribution is 1.87. The standard InChI is InChI=1S/C3H4NO/c5-4-2-1-3-4/h1-2H,3H2/q+1. The van der Waals surface area contributed by atoms with Gasteiger partial charge in [-0.3, -0.25) is 0 Å². The van der Waals surface area contributed by atoms with Crippen molar-refractivity contribution in [1.82, 2.24) is 0 Å². The van der Waals surface area contributed by atoms with Crippen molar-refractivity contribution in [3.63, 3.8) is 0 Å². The first-order valence-electron chi connectivity index (χ1n) is 1.50. The lowest BCUT2D eigenvalue weighted by atomic mass is 10.5. The number of rotatable bonds is 0. The highest BCUT2D eigenvalue weighted by molar-refractivity contribution is 4.78. The zero-order chi connectivity index (χ0) is 3.70. The van der Waals surface area contributed by atoms with Crippen LogP contribution in [0, 0.1) is 4.91 Å². The van der Waals surface area contributed by atoms with Crippen LogP contribution in [0.25, 0.3) is 0 Å². The summed E-state index contributed by atoms with van der Waals surface area (Å²) >= 11 is 0. The zero-order valence-electron chi connectivity index (χ0n) is 2.72. The number of hydrogen-bond acceptors (Lipinski definition) is 1. The third kappa shape index (κ3) is 0.210. The second-order valence-corrected chi connectivity index (χ2v) is 0.984. The summed E-state index contributed by atoms with van der Waals surface area (Å²) in [5.74, 6) is 0. The molecule has 1 aliphatic heterocycles. The number of nitroso groups, excluding NO2 is 1. The van der Waals surface area contributed by atoms with Gasteiger partial charge in [-0.25, -0.2) is 0 Å². The Kier molecular flexibility index (Phi) is 0.330. The first kappa shape index (κ1) is 2.57. The quantitative estimate of drug-likeness (QED) is 0.375. The molecular formula is C3H4NO+. The first-order chi connectivity index (χ1) is 2.39. The fourth-order valence-electron chi connectivity index (χ4n) is 0.191. The molecule has 0 aromatic heterocycles. The van der Waals surface area contributed by atoms with E-state index in [1.165, 1.54) is 6.20 Å². The molecule has 0 saturated carbocycles. The van der Waals surface area contributed by atoms with Gasteiger partial charge in [-0.15, -0.1) is 0 Å². The lowest BCUT2D eigenvalue weighted by molar-refractivity contribution is -0.492. The Labute approximate surface area is 29.7 Å². The predicted octanol–water partition coefficient (Wildman–Crippen LogP) is 0.293. The molecule has 1 rings (SSSR count). The molecule has 1 aliphatic rings. The predicted molar refractivity (Wildman–Crippen MR) is 17.6 cm³/mol. The minimum Gasteiger partial charge on any atom is 0.0237 e. The van der Waals surface area contributed by atoms with Gasteiger partial charge in [-0.05, 0) is 0 Å². The molecule has 0 unspecified atom stereocenters. The summed E-state index contributed by atoms with van der Waals surface area (Å²) in [6.45, 7) is 0.583. The Morgan fingerprint density at radius 2 is 2.20 bits per heavy atom. The van der Waals surface area contributed by atoms with Gasteiger partial charge in [0.25, 0.3) is 0 Å². The summed E-state index contributed by atoms with van der Waals surface area (Å²) in [6.07, 6.45) is 3.31. The van der Waals surface area contributed by atoms with E-state index < -0.39 is 0 Å². The molecule has 0 spiro atoms. The summed E-state index contributed by atoms with van der Waals surface area (Å²) < 4.78 is 0.875. The van der Waals surface area contributed by atoms with Crippen molar-refractivity contribution in [1.29, 1.82) is 0 Å². The summed E-state index contributed by atoms with van der Waals surface area (Å²) in [5, 5.41) is 0. The Morgan fingerprint density at radius 3 is 2.20 bits per heavy atom. The van der Waals surface area contributed by atoms with Crippen LogP contribution >= 0.6 is 0 Å². The first-order valence-corrected chi connectivity index (χ1v) is 1.50. The minimum absolute atomic E-state index is 0.583. The molecule has 5 heavy (non-hydrogen) atoms. The smallest absolute Gasteiger partial charge is 0.0237 e. The van der Waals surface area contributed by atoms with E-state index in [9.17, 15) is 4.91 Å². The van der Waals surface area contributed by atoms with Gasteiger partial charge in [0.2, 0.25) is 12.7 Å². The monoisotopic (exact) mass is 70.0 g/mol. The second-order valence-electron chi connectivity index (χ2n) is 0.984. The molecule has 0 saturated heterocycles. The van der Waals surface area contributed by atoms with Crippen LogP contribution in [0.1, 0.15) is 0 Å². The molecule has 0 N–H and O–H groups in total. The van der Waals surface area contributed by atoms with E-state index in [0.717, 1.165) is 4.76 Å². The van der Waals surface area contributed by atoms with Crippen molar-refractivity contribution in [2.75, 3.05) is 6.54 Å². The fourth-order valence-corrected chi connectivity index (χ4v) is 0.191. The molecule has 0 amide bonds. The van der Waals surface area contributed by atoms with Crippen molar-refractivity contribution < 1.29 is 4.76 Å². The largest absolute Gasteiger partial charge is 0.223 e. The van der Waals surface area contributed by atoms with Crippen LogP contribution in [0.15, 0.2) is 12.3 Å². The highest BCUT2D eigenvalue weighted by Gasteiger charge is 2.07. The maximum absolute atomic E-state index is 9.73. The van der Waals surface area contributed by atoms with Gasteiger partial charge in [0.05, 0.1) is 6.08 Å². The lowest BCUT2D eigenvalue weighted by Crippen LogP contribution is -2.06. The van der Waals surface area contributed by atoms with Crippen molar-refractivity contribution in [3.8, 4) is 0 Å². The van der Waals surface area contributed by atoms with E-state index >= 15 is 0 Å². The van der Waals surface area contributed by atoms with E-state index in [4.69, 9.17) is 0 Å². The van der Waals surface area contributed by atoms with Gasteiger partial charge < -0.3 is 0 Å². The van der Waals surface area contributed by atoms with Crippen LogP contribution in [0.3, 0.4) is 0 Å². The molecule has 0 aromatic rings. The molecule has 2 heteroatoms. The van der Waals surface area contributed by atoms with Crippen molar-refractivity contribution in [2.24, 2.45) is 0 Å². The van der Waals surface area contributed by atoms with Crippen molar-refractivity contribution in [2.45, 2.75) is 0 Å². The maximum Gasteiger partial charge on any atom is 0.223 e. The number of hydrogen-bond donors (Lipinski definition) is 0. The number of nitrogens with zero attached hydrogens (tertiary/aromatic N) is 1. The van der Waals surface area contributed by atoms with E-state index in [0.29, 0.717) is 6.54 Å². The molecule has 1 heterocycles. The molecule has 0 bridgehead atoms. The van der Waals surface area contributed by atoms with Crippen molar-refractivity contribution >= 4 is 0 Å². The zero-order valence-corrected chi connectivity index (χ0v) is 2.72. The molecular weight excluding hydrogens is 66.0 g/mol. The van der Waals surface area contributed by atoms with Crippen LogP contribution < -0.4 is 0 Å². The van der Waals surface area contributed by atoms with E-state index in [-0.39, 0.29) is 0 Å². The molecule has 0 atom stereocenters. The third-order valence-corrected chi connectivity index (χ3v) is 0.557. The Bertz CT molecular complexity index is 84.9. The summed E-state index contributed by atoms with van der Waals surface area (Å²) in [5.41, 5.74) is 0. The summed E-state index contributed by atoms with van der Waals surface area (Å²) in [7, 11) is 0. The van der Waals surface area contributed by atoms with Crippen LogP contribution in [0.4, 0.5) is 0 Å². The Balaban J connectivity index is 2.71. The Hall–Kier alpha value is -0.660. The fraction of sp³-hybridized carbons (Fsp3) is 0.333. The molecule has 2 nitrogen and oxygen atoms in total. The minimum atomic E-state index is 0.583. The van der Waals surface area contributed by atoms with Gasteiger partial charge in [-0.1, -0.05) is 0 Å². The summed E-state index contributed by atoms with van der Waals surface area (Å²) in [6, 6.07) is 0. The SMILES string of the molecule is O=[N+]1C=CC1. The molecule has 0 radical (unpaired) electrons. The van der Waals surface area contributed by atoms with Crippen molar-refractivity contribution in [3.05, 3.63) is 17.2 Å². The molecule has 0 aromatic carbocycles. The van der Waals surface area contributed by atoms with E-state index in [1.807, 2.05) is 6.08 Å². The van der Waals surface area contributed by atoms with Gasteiger partial charge in [-0.2, -0.15) is 0 Å². The molecule has 0 fully saturated rings. The van der Waals surface area contributed by atoms with Gasteiger partial charge in [0.15, 0.2) is 0 Å². The maximum atomic E-state index is 9.73. The second kappa shape index (κ2) is 0.641. The van der Waals surface area contributed by atoms with Crippen LogP contribution in [-0.2, 0) is 0 Å². The Morgan fingerprint density at radius 1 is 1.80 bits per heavy atom. The molecule has 26 valence electrons. The van der Waals surface area contributed by atoms with E-state index in [2.05, 4.69) is 0 Å². The van der Waals surface area contributed by atoms with Crippen LogP contribution in [0.5, 0.6) is 0 Å². The third-order valence-electron chi connectivity index (χ3n) is 0.557. The lowest BCUT2D eigenvalue weighted by Gasteiger charge is -1.82. The van der Waals surface area contributed by atoms with Crippen LogP contribution in [0.2, 0.25) is 0 Å². The highest BCUT2D eigenvalue weighted by atomic mass is 16.3. The normalized spacial score (nSPS) is 18.8. The summed E-state index contributed by atoms with van der Waals surface area (Å²) in [4.78, 5) is 9.73. The van der Waals surface area contributed by atoms with E-state index in [1.54, 1.807) is 0 Å². The average Bonchev–Trinajstić information content (AvgIpc) is 1.30. The topological polar surface area (TPSA) is 20.1 Å². The molecule has 0 aliphatic carbocycles. The van der Waals surface area contributed by atoms with Gasteiger partial charge >= 0.3 is 0 Å². The van der Waals surface area contributed by atoms with Gasteiger partial charge in [0, 0.05) is 9.67 Å². The van der Waals surface area contributed by atoms with Gasteiger partial charge in [0.1, 0.15) is 0 Å². The van der Waals surface area contributed by atoms with Crippen LogP contribution in [-0.4, -0.2) is 11.3 Å².